The minimum Gasteiger partial charge on any atom is -0.442 e. The number of hydrogen-bond acceptors (Lipinski definition) is 6. The second kappa shape index (κ2) is 7.92. The molecule has 5 rings (SSSR count). The number of hydrogen-bond donors (Lipinski definition) is 1. The number of imidazole rings is 1. The summed E-state index contributed by atoms with van der Waals surface area (Å²) in [6.07, 6.45) is 6.52. The summed E-state index contributed by atoms with van der Waals surface area (Å²) < 4.78 is 7.15. The molecule has 162 valence electrons. The molecule has 1 aromatic carbocycles. The molecule has 0 aliphatic carbocycles. The largest absolute Gasteiger partial charge is 0.442 e. The zero-order valence-corrected chi connectivity index (χ0v) is 17.4. The lowest BCUT2D eigenvalue weighted by atomic mass is 10.0. The molecule has 0 spiro atoms. The van der Waals surface area contributed by atoms with E-state index in [2.05, 4.69) is 15.3 Å². The Labute approximate surface area is 184 Å². The molecule has 9 heteroatoms. The number of carbonyl (C=O) groups is 3. The van der Waals surface area contributed by atoms with Gasteiger partial charge in [0.2, 0.25) is 11.7 Å². The normalized spacial score (nSPS) is 18.8. The Hall–Kier alpha value is -4.01. The Bertz CT molecular complexity index is 1190. The van der Waals surface area contributed by atoms with E-state index in [4.69, 9.17) is 4.74 Å². The smallest absolute Gasteiger partial charge is 0.415 e. The highest BCUT2D eigenvalue weighted by Gasteiger charge is 2.47. The minimum absolute atomic E-state index is 0.0900. The summed E-state index contributed by atoms with van der Waals surface area (Å²) in [5.74, 6) is -0.246. The second-order valence-electron chi connectivity index (χ2n) is 7.93. The lowest BCUT2D eigenvalue weighted by Crippen LogP contribution is -2.40. The summed E-state index contributed by atoms with van der Waals surface area (Å²) in [5.41, 5.74) is 4.11. The molecule has 1 unspecified atom stereocenters. The monoisotopic (exact) mass is 431 g/mol. The number of ether oxygens (including phenoxy) is 1. The van der Waals surface area contributed by atoms with Gasteiger partial charge < -0.3 is 14.6 Å². The standard InChI is InChI=1S/C23H21N5O4/c1-14(29)25-11-22-20-9-17-8-15(3-5-19(17)28(20)23(31)32-22)16-2-4-18(26-10-16)21(30)12-27-7-6-24-13-27/h2-8,10,13,20,22H,9,11-12H2,1H3,(H,25,29)/t20?,22-/m0/s1. The van der Waals surface area contributed by atoms with E-state index < -0.39 is 0 Å². The predicted molar refractivity (Wildman–Crippen MR) is 115 cm³/mol. The number of nitrogens with zero attached hydrogens (tertiary/aromatic N) is 4. The number of carbonyl (C=O) groups excluding carboxylic acids is 3. The van der Waals surface area contributed by atoms with Crippen molar-refractivity contribution in [2.75, 3.05) is 11.4 Å². The van der Waals surface area contributed by atoms with Crippen molar-refractivity contribution >= 4 is 23.5 Å². The molecule has 2 aliphatic heterocycles. The van der Waals surface area contributed by atoms with Gasteiger partial charge in [0, 0.05) is 31.1 Å². The Morgan fingerprint density at radius 1 is 1.22 bits per heavy atom. The highest BCUT2D eigenvalue weighted by Crippen LogP contribution is 2.40. The third kappa shape index (κ3) is 3.62. The average molecular weight is 431 g/mol. The lowest BCUT2D eigenvalue weighted by molar-refractivity contribution is -0.119. The number of anilines is 1. The molecule has 0 saturated carbocycles. The van der Waals surface area contributed by atoms with Crippen LogP contribution in [0, 0.1) is 0 Å². The zero-order valence-electron chi connectivity index (χ0n) is 17.4. The third-order valence-corrected chi connectivity index (χ3v) is 5.80. The number of amides is 2. The molecular formula is C23H21N5O4. The number of aromatic nitrogens is 3. The van der Waals surface area contributed by atoms with Crippen LogP contribution in [0.2, 0.25) is 0 Å². The van der Waals surface area contributed by atoms with Crippen LogP contribution in [-0.2, 0) is 22.5 Å². The topological polar surface area (TPSA) is 106 Å². The predicted octanol–water partition coefficient (Wildman–Crippen LogP) is 2.21. The van der Waals surface area contributed by atoms with Crippen LogP contribution in [-0.4, -0.2) is 51.0 Å². The second-order valence-corrected chi connectivity index (χ2v) is 7.93. The van der Waals surface area contributed by atoms with E-state index >= 15 is 0 Å². The van der Waals surface area contributed by atoms with Crippen molar-refractivity contribution in [2.24, 2.45) is 0 Å². The van der Waals surface area contributed by atoms with Crippen LogP contribution >= 0.6 is 0 Å². The number of fused-ring (bicyclic) bond motifs is 3. The summed E-state index contributed by atoms with van der Waals surface area (Å²) in [7, 11) is 0. The Morgan fingerprint density at radius 3 is 2.78 bits per heavy atom. The van der Waals surface area contributed by atoms with E-state index in [0.717, 1.165) is 22.4 Å². The van der Waals surface area contributed by atoms with E-state index in [0.29, 0.717) is 18.7 Å². The fraction of sp³-hybridized carbons (Fsp3) is 0.261. The summed E-state index contributed by atoms with van der Waals surface area (Å²) in [6.45, 7) is 1.93. The summed E-state index contributed by atoms with van der Waals surface area (Å²) in [4.78, 5) is 46.0. The third-order valence-electron chi connectivity index (χ3n) is 5.80. The molecule has 1 N–H and O–H groups in total. The van der Waals surface area contributed by atoms with E-state index in [1.54, 1.807) is 40.5 Å². The Kier molecular flexibility index (Phi) is 4.93. The summed E-state index contributed by atoms with van der Waals surface area (Å²) >= 11 is 0. The van der Waals surface area contributed by atoms with Crippen molar-refractivity contribution < 1.29 is 19.1 Å². The van der Waals surface area contributed by atoms with Crippen molar-refractivity contribution in [2.45, 2.75) is 32.0 Å². The van der Waals surface area contributed by atoms with Gasteiger partial charge in [-0.1, -0.05) is 12.1 Å². The summed E-state index contributed by atoms with van der Waals surface area (Å²) in [6, 6.07) is 9.34. The molecule has 32 heavy (non-hydrogen) atoms. The van der Waals surface area contributed by atoms with Crippen molar-refractivity contribution in [1.29, 1.82) is 0 Å². The zero-order chi connectivity index (χ0) is 22.2. The first-order valence-electron chi connectivity index (χ1n) is 10.3. The van der Waals surface area contributed by atoms with Crippen molar-refractivity contribution in [3.05, 3.63) is 66.5 Å². The number of nitrogens with one attached hydrogen (secondary N) is 1. The van der Waals surface area contributed by atoms with E-state index in [9.17, 15) is 14.4 Å². The number of Topliss-reactive ketones (excluding diaryl/α,β-unsaturated/α-hetero) is 1. The SMILES string of the molecule is CC(=O)NC[C@@H]1OC(=O)N2c3ccc(-c4ccc(C(=O)Cn5ccnc5)nc4)cc3CC12. The molecule has 3 aromatic rings. The van der Waals surface area contributed by atoms with Crippen molar-refractivity contribution in [3.8, 4) is 11.1 Å². The number of benzene rings is 1. The molecular weight excluding hydrogens is 410 g/mol. The van der Waals surface area contributed by atoms with E-state index in [-0.39, 0.29) is 36.5 Å². The van der Waals surface area contributed by atoms with Crippen LogP contribution in [0.4, 0.5) is 10.5 Å². The van der Waals surface area contributed by atoms with Gasteiger partial charge in [0.25, 0.3) is 0 Å². The molecule has 9 nitrogen and oxygen atoms in total. The van der Waals surface area contributed by atoms with Gasteiger partial charge >= 0.3 is 6.09 Å². The first kappa shape index (κ1) is 19.9. The molecule has 2 amide bonds. The van der Waals surface area contributed by atoms with Gasteiger partial charge in [-0.05, 0) is 35.7 Å². The highest BCUT2D eigenvalue weighted by atomic mass is 16.6. The maximum absolute atomic E-state index is 12.4. The van der Waals surface area contributed by atoms with Crippen LogP contribution in [0.25, 0.3) is 11.1 Å². The number of rotatable bonds is 6. The lowest BCUT2D eigenvalue weighted by Gasteiger charge is -2.16. The first-order valence-corrected chi connectivity index (χ1v) is 10.3. The van der Waals surface area contributed by atoms with Crippen LogP contribution in [0.3, 0.4) is 0 Å². The molecule has 2 aliphatic rings. The molecule has 2 atom stereocenters. The summed E-state index contributed by atoms with van der Waals surface area (Å²) in [5, 5.41) is 2.73. The van der Waals surface area contributed by atoms with Crippen molar-refractivity contribution in [1.82, 2.24) is 19.9 Å². The molecule has 2 aromatic heterocycles. The van der Waals surface area contributed by atoms with E-state index in [1.807, 2.05) is 24.3 Å². The number of ketones is 1. The van der Waals surface area contributed by atoms with Crippen LogP contribution < -0.4 is 10.2 Å². The van der Waals surface area contributed by atoms with Crippen molar-refractivity contribution in [3.63, 3.8) is 0 Å². The van der Waals surface area contributed by atoms with Gasteiger partial charge in [0.05, 0.1) is 31.1 Å². The number of cyclic esters (lactones) is 1. The van der Waals surface area contributed by atoms with Gasteiger partial charge in [-0.3, -0.25) is 19.5 Å². The molecule has 1 saturated heterocycles. The van der Waals surface area contributed by atoms with Gasteiger partial charge in [0.15, 0.2) is 0 Å². The maximum atomic E-state index is 12.4. The van der Waals surface area contributed by atoms with Crippen LogP contribution in [0.5, 0.6) is 0 Å². The molecule has 1 fully saturated rings. The Morgan fingerprint density at radius 2 is 2.06 bits per heavy atom. The molecule has 0 radical (unpaired) electrons. The van der Waals surface area contributed by atoms with Gasteiger partial charge in [-0.2, -0.15) is 0 Å². The number of pyridine rings is 1. The molecule has 0 bridgehead atoms. The molecule has 4 heterocycles. The van der Waals surface area contributed by atoms with Gasteiger partial charge in [-0.15, -0.1) is 0 Å². The Balaban J connectivity index is 1.33. The quantitative estimate of drug-likeness (QED) is 0.600. The first-order chi connectivity index (χ1) is 15.5. The fourth-order valence-electron chi connectivity index (χ4n) is 4.23. The van der Waals surface area contributed by atoms with Crippen LogP contribution in [0.15, 0.2) is 55.2 Å². The van der Waals surface area contributed by atoms with E-state index in [1.165, 1.54) is 6.92 Å². The van der Waals surface area contributed by atoms with Gasteiger partial charge in [0.1, 0.15) is 11.8 Å². The van der Waals surface area contributed by atoms with Crippen LogP contribution in [0.1, 0.15) is 23.0 Å². The maximum Gasteiger partial charge on any atom is 0.415 e. The average Bonchev–Trinajstić information content (AvgIpc) is 3.49. The highest BCUT2D eigenvalue weighted by molar-refractivity contribution is 5.95. The van der Waals surface area contributed by atoms with Gasteiger partial charge in [-0.25, -0.2) is 9.78 Å². The fourth-order valence-corrected chi connectivity index (χ4v) is 4.23. The minimum atomic E-state index is -0.390.